The first-order valence-electron chi connectivity index (χ1n) is 5.54. The predicted octanol–water partition coefficient (Wildman–Crippen LogP) is 2.81. The molecular formula is C12H20F2N2. The van der Waals surface area contributed by atoms with Crippen molar-refractivity contribution in [1.29, 1.82) is 0 Å². The number of alkyl halides is 2. The Morgan fingerprint density at radius 3 is 2.38 bits per heavy atom. The van der Waals surface area contributed by atoms with E-state index < -0.39 is 12.5 Å². The molecule has 0 saturated carbocycles. The molecule has 0 bridgehead atoms. The second-order valence-corrected chi connectivity index (χ2v) is 4.70. The molecule has 0 atom stereocenters. The van der Waals surface area contributed by atoms with Crippen LogP contribution in [0.1, 0.15) is 30.8 Å². The minimum absolute atomic E-state index is 0.0631. The molecule has 0 radical (unpaired) electrons. The summed E-state index contributed by atoms with van der Waals surface area (Å²) < 4.78 is 29.0. The molecule has 0 aliphatic heterocycles. The normalized spacial score (nSPS) is 12.5. The topological polar surface area (TPSA) is 30.9 Å². The van der Waals surface area contributed by atoms with Gasteiger partial charge in [0, 0.05) is 23.5 Å². The summed E-state index contributed by atoms with van der Waals surface area (Å²) in [6.07, 6.45) is 0. The van der Waals surface area contributed by atoms with Gasteiger partial charge in [-0.1, -0.05) is 13.8 Å². The summed E-state index contributed by atoms with van der Waals surface area (Å²) in [6, 6.07) is 1.55. The van der Waals surface area contributed by atoms with Gasteiger partial charge in [0.2, 0.25) is 0 Å². The minimum Gasteiger partial charge on any atom is -0.348 e. The molecule has 1 aromatic rings. The van der Waals surface area contributed by atoms with Crippen LogP contribution in [0.25, 0.3) is 0 Å². The van der Waals surface area contributed by atoms with Crippen LogP contribution in [-0.4, -0.2) is 11.1 Å². The van der Waals surface area contributed by atoms with Gasteiger partial charge in [-0.3, -0.25) is 0 Å². The zero-order valence-electron chi connectivity index (χ0n) is 10.3. The van der Waals surface area contributed by atoms with Crippen LogP contribution < -0.4 is 5.73 Å². The monoisotopic (exact) mass is 230 g/mol. The number of nitrogens with two attached hydrogens (primary N) is 1. The van der Waals surface area contributed by atoms with Gasteiger partial charge in [-0.25, -0.2) is 0 Å². The van der Waals surface area contributed by atoms with E-state index in [4.69, 9.17) is 5.73 Å². The second kappa shape index (κ2) is 4.53. The fourth-order valence-corrected chi connectivity index (χ4v) is 1.93. The van der Waals surface area contributed by atoms with Crippen LogP contribution >= 0.6 is 0 Å². The van der Waals surface area contributed by atoms with Crippen molar-refractivity contribution >= 4 is 0 Å². The lowest BCUT2D eigenvalue weighted by molar-refractivity contribution is 0.00521. The summed E-state index contributed by atoms with van der Waals surface area (Å²) in [4.78, 5) is 0. The lowest BCUT2D eigenvalue weighted by atomic mass is 10.1. The number of hydrogen-bond donors (Lipinski definition) is 1. The van der Waals surface area contributed by atoms with E-state index in [-0.39, 0.29) is 5.56 Å². The molecule has 2 nitrogen and oxygen atoms in total. The summed E-state index contributed by atoms with van der Waals surface area (Å²) in [7, 11) is 0. The van der Waals surface area contributed by atoms with Gasteiger partial charge in [0.1, 0.15) is 0 Å². The Labute approximate surface area is 95.4 Å². The standard InChI is InChI=1S/C12H20F2N2/c1-8(2)6-16-9(3)5-11(10(16)4)12(13,14)7-15/h5,8H,6-7,15H2,1-4H3. The maximum Gasteiger partial charge on any atom is 0.286 e. The molecule has 2 N–H and O–H groups in total. The zero-order valence-corrected chi connectivity index (χ0v) is 10.3. The molecule has 16 heavy (non-hydrogen) atoms. The van der Waals surface area contributed by atoms with Gasteiger partial charge in [-0.05, 0) is 25.8 Å². The van der Waals surface area contributed by atoms with E-state index in [9.17, 15) is 8.78 Å². The van der Waals surface area contributed by atoms with E-state index in [0.717, 1.165) is 12.2 Å². The number of hydrogen-bond acceptors (Lipinski definition) is 1. The summed E-state index contributed by atoms with van der Waals surface area (Å²) >= 11 is 0. The van der Waals surface area contributed by atoms with Crippen molar-refractivity contribution in [2.24, 2.45) is 11.7 Å². The molecule has 0 saturated heterocycles. The van der Waals surface area contributed by atoms with Crippen LogP contribution in [0, 0.1) is 19.8 Å². The second-order valence-electron chi connectivity index (χ2n) is 4.70. The van der Waals surface area contributed by atoms with Crippen molar-refractivity contribution in [1.82, 2.24) is 4.57 Å². The molecule has 1 rings (SSSR count). The van der Waals surface area contributed by atoms with Gasteiger partial charge in [-0.15, -0.1) is 0 Å². The molecule has 0 fully saturated rings. The summed E-state index contributed by atoms with van der Waals surface area (Å²) in [6.45, 7) is 7.84. The highest BCUT2D eigenvalue weighted by molar-refractivity contribution is 5.31. The molecule has 0 amide bonds. The highest BCUT2D eigenvalue weighted by atomic mass is 19.3. The Hall–Kier alpha value is -0.900. The molecule has 0 aliphatic rings. The maximum atomic E-state index is 13.5. The largest absolute Gasteiger partial charge is 0.348 e. The van der Waals surface area contributed by atoms with Crippen molar-refractivity contribution < 1.29 is 8.78 Å². The van der Waals surface area contributed by atoms with Crippen molar-refractivity contribution in [3.05, 3.63) is 23.0 Å². The zero-order chi connectivity index (χ0) is 12.5. The van der Waals surface area contributed by atoms with Crippen LogP contribution in [0.2, 0.25) is 0 Å². The maximum absolute atomic E-state index is 13.5. The molecular weight excluding hydrogens is 210 g/mol. The van der Waals surface area contributed by atoms with Crippen molar-refractivity contribution in [3.8, 4) is 0 Å². The highest BCUT2D eigenvalue weighted by Crippen LogP contribution is 2.31. The third-order valence-electron chi connectivity index (χ3n) is 2.77. The van der Waals surface area contributed by atoms with Crippen LogP contribution in [-0.2, 0) is 12.5 Å². The Balaban J connectivity index is 3.16. The van der Waals surface area contributed by atoms with Crippen LogP contribution in [0.5, 0.6) is 0 Å². The Morgan fingerprint density at radius 2 is 1.94 bits per heavy atom. The number of aromatic nitrogens is 1. The van der Waals surface area contributed by atoms with Gasteiger partial charge in [0.25, 0.3) is 5.92 Å². The van der Waals surface area contributed by atoms with Crippen LogP contribution in [0.3, 0.4) is 0 Å². The number of aryl methyl sites for hydroxylation is 1. The molecule has 0 aromatic carbocycles. The molecule has 0 aliphatic carbocycles. The van der Waals surface area contributed by atoms with Crippen molar-refractivity contribution in [2.75, 3.05) is 6.54 Å². The number of nitrogens with zero attached hydrogens (tertiary/aromatic N) is 1. The smallest absolute Gasteiger partial charge is 0.286 e. The molecule has 1 heterocycles. The van der Waals surface area contributed by atoms with E-state index in [0.29, 0.717) is 11.6 Å². The van der Waals surface area contributed by atoms with Gasteiger partial charge in [-0.2, -0.15) is 8.78 Å². The first-order chi connectivity index (χ1) is 7.29. The molecule has 92 valence electrons. The first kappa shape index (κ1) is 13.2. The summed E-state index contributed by atoms with van der Waals surface area (Å²) in [5.74, 6) is -2.49. The highest BCUT2D eigenvalue weighted by Gasteiger charge is 2.33. The SMILES string of the molecule is Cc1cc(C(F)(F)CN)c(C)n1CC(C)C. The fourth-order valence-electron chi connectivity index (χ4n) is 1.93. The van der Waals surface area contributed by atoms with E-state index in [2.05, 4.69) is 13.8 Å². The van der Waals surface area contributed by atoms with Crippen LogP contribution in [0.4, 0.5) is 8.78 Å². The Kier molecular flexibility index (Phi) is 3.73. The minimum atomic E-state index is -2.92. The average Bonchev–Trinajstić information content (AvgIpc) is 2.46. The lowest BCUT2D eigenvalue weighted by Gasteiger charge is -2.16. The Bertz CT molecular complexity index is 367. The van der Waals surface area contributed by atoms with Gasteiger partial charge in [0.15, 0.2) is 0 Å². The molecule has 1 aromatic heterocycles. The van der Waals surface area contributed by atoms with Gasteiger partial charge < -0.3 is 10.3 Å². The quantitative estimate of drug-likeness (QED) is 0.847. The summed E-state index contributed by atoms with van der Waals surface area (Å²) in [5, 5.41) is 0. The predicted molar refractivity (Wildman–Crippen MR) is 61.7 cm³/mol. The molecule has 4 heteroatoms. The molecule has 0 unspecified atom stereocenters. The third kappa shape index (κ3) is 2.43. The first-order valence-corrected chi connectivity index (χ1v) is 5.54. The van der Waals surface area contributed by atoms with Gasteiger partial charge in [0.05, 0.1) is 6.54 Å². The third-order valence-corrected chi connectivity index (χ3v) is 2.77. The van der Waals surface area contributed by atoms with Crippen molar-refractivity contribution in [3.63, 3.8) is 0 Å². The van der Waals surface area contributed by atoms with E-state index >= 15 is 0 Å². The van der Waals surface area contributed by atoms with Gasteiger partial charge >= 0.3 is 0 Å². The van der Waals surface area contributed by atoms with Crippen molar-refractivity contribution in [2.45, 2.75) is 40.2 Å². The summed E-state index contributed by atoms with van der Waals surface area (Å²) in [5.41, 5.74) is 6.67. The number of halogens is 2. The van der Waals surface area contributed by atoms with E-state index in [1.165, 1.54) is 0 Å². The fraction of sp³-hybridized carbons (Fsp3) is 0.667. The van der Waals surface area contributed by atoms with E-state index in [1.807, 2.05) is 11.5 Å². The number of rotatable bonds is 4. The van der Waals surface area contributed by atoms with Crippen LogP contribution in [0.15, 0.2) is 6.07 Å². The average molecular weight is 230 g/mol. The lowest BCUT2D eigenvalue weighted by Crippen LogP contribution is -2.25. The Morgan fingerprint density at radius 1 is 1.38 bits per heavy atom. The molecule has 0 spiro atoms. The van der Waals surface area contributed by atoms with E-state index in [1.54, 1.807) is 13.0 Å².